The molecule has 1 saturated carbocycles. The molecule has 18 heavy (non-hydrogen) atoms. The van der Waals surface area contributed by atoms with Gasteiger partial charge in [0.15, 0.2) is 0 Å². The van der Waals surface area contributed by atoms with E-state index in [0.29, 0.717) is 6.04 Å². The van der Waals surface area contributed by atoms with Crippen molar-refractivity contribution in [2.24, 2.45) is 11.7 Å². The van der Waals surface area contributed by atoms with Gasteiger partial charge in [0.25, 0.3) is 0 Å². The maximum atomic E-state index is 5.69. The molecular formula is C15H27N3. The number of nitrogens with two attached hydrogens (primary N) is 1. The molecule has 1 aromatic heterocycles. The highest BCUT2D eigenvalue weighted by Crippen LogP contribution is 2.35. The quantitative estimate of drug-likeness (QED) is 0.891. The van der Waals surface area contributed by atoms with Gasteiger partial charge in [-0.3, -0.25) is 4.68 Å². The average Bonchev–Trinajstić information content (AvgIpc) is 2.67. The zero-order valence-corrected chi connectivity index (χ0v) is 12.1. The summed E-state index contributed by atoms with van der Waals surface area (Å²) in [6, 6.07) is 0.619. The van der Waals surface area contributed by atoms with Gasteiger partial charge >= 0.3 is 0 Å². The molecule has 3 nitrogen and oxygen atoms in total. The Bertz CT molecular complexity index is 395. The van der Waals surface area contributed by atoms with Gasteiger partial charge in [-0.15, -0.1) is 0 Å². The Kier molecular flexibility index (Phi) is 4.44. The van der Waals surface area contributed by atoms with E-state index in [-0.39, 0.29) is 0 Å². The van der Waals surface area contributed by atoms with Crippen molar-refractivity contribution in [3.8, 4) is 0 Å². The molecule has 0 saturated heterocycles. The number of aromatic nitrogens is 2. The Hall–Kier alpha value is -0.830. The molecule has 2 rings (SSSR count). The predicted molar refractivity (Wildman–Crippen MR) is 75.7 cm³/mol. The second-order valence-corrected chi connectivity index (χ2v) is 5.73. The van der Waals surface area contributed by atoms with Gasteiger partial charge in [0, 0.05) is 5.69 Å². The largest absolute Gasteiger partial charge is 0.330 e. The molecule has 1 aromatic rings. The summed E-state index contributed by atoms with van der Waals surface area (Å²) in [5.41, 5.74) is 9.59. The summed E-state index contributed by atoms with van der Waals surface area (Å²) < 4.78 is 2.29. The van der Waals surface area contributed by atoms with Crippen LogP contribution in [0.2, 0.25) is 0 Å². The highest BCUT2D eigenvalue weighted by Gasteiger charge is 2.25. The second kappa shape index (κ2) is 5.87. The molecule has 0 spiro atoms. The van der Waals surface area contributed by atoms with Gasteiger partial charge in [-0.05, 0) is 51.1 Å². The van der Waals surface area contributed by atoms with Gasteiger partial charge in [0.05, 0.1) is 11.7 Å². The summed E-state index contributed by atoms with van der Waals surface area (Å²) in [5.74, 6) is 0.894. The number of rotatable bonds is 4. The van der Waals surface area contributed by atoms with Crippen LogP contribution in [0.3, 0.4) is 0 Å². The van der Waals surface area contributed by atoms with E-state index in [0.717, 1.165) is 18.9 Å². The van der Waals surface area contributed by atoms with E-state index >= 15 is 0 Å². The molecule has 3 heteroatoms. The van der Waals surface area contributed by atoms with Crippen LogP contribution < -0.4 is 5.73 Å². The Morgan fingerprint density at radius 2 is 2.11 bits per heavy atom. The monoisotopic (exact) mass is 249 g/mol. The lowest BCUT2D eigenvalue weighted by molar-refractivity contribution is 0.244. The molecule has 1 fully saturated rings. The summed E-state index contributed by atoms with van der Waals surface area (Å²) in [6.07, 6.45) is 7.63. The third-order valence-corrected chi connectivity index (χ3v) is 4.55. The zero-order valence-electron chi connectivity index (χ0n) is 12.1. The molecule has 2 N–H and O–H groups in total. The molecule has 2 atom stereocenters. The summed E-state index contributed by atoms with van der Waals surface area (Å²) in [5, 5.41) is 4.78. The van der Waals surface area contributed by atoms with Crippen LogP contribution in [0.5, 0.6) is 0 Å². The fraction of sp³-hybridized carbons (Fsp3) is 0.800. The van der Waals surface area contributed by atoms with Crippen LogP contribution in [-0.2, 0) is 6.42 Å². The van der Waals surface area contributed by atoms with Crippen molar-refractivity contribution in [2.45, 2.75) is 65.3 Å². The molecule has 0 aromatic carbocycles. The second-order valence-electron chi connectivity index (χ2n) is 5.73. The van der Waals surface area contributed by atoms with E-state index in [4.69, 9.17) is 10.8 Å². The first-order valence-corrected chi connectivity index (χ1v) is 7.42. The minimum Gasteiger partial charge on any atom is -0.330 e. The van der Waals surface area contributed by atoms with Gasteiger partial charge in [-0.2, -0.15) is 5.10 Å². The van der Waals surface area contributed by atoms with E-state index in [2.05, 4.69) is 25.5 Å². The Morgan fingerprint density at radius 3 is 2.78 bits per heavy atom. The lowest BCUT2D eigenvalue weighted by atomic mass is 9.84. The SMILES string of the molecule is CCC1CCCC(n2nc(C)c(CCN)c2C)C1. The summed E-state index contributed by atoms with van der Waals surface area (Å²) >= 11 is 0. The molecule has 2 unspecified atom stereocenters. The minimum atomic E-state index is 0.619. The Labute approximate surface area is 111 Å². The van der Waals surface area contributed by atoms with Crippen LogP contribution in [0.4, 0.5) is 0 Å². The van der Waals surface area contributed by atoms with Crippen molar-refractivity contribution < 1.29 is 0 Å². The molecule has 102 valence electrons. The molecule has 1 heterocycles. The molecule has 1 aliphatic rings. The van der Waals surface area contributed by atoms with Crippen LogP contribution in [0.15, 0.2) is 0 Å². The van der Waals surface area contributed by atoms with Crippen molar-refractivity contribution in [1.29, 1.82) is 0 Å². The Balaban J connectivity index is 2.20. The van der Waals surface area contributed by atoms with Crippen molar-refractivity contribution in [3.63, 3.8) is 0 Å². The fourth-order valence-electron chi connectivity index (χ4n) is 3.41. The molecule has 0 bridgehead atoms. The van der Waals surface area contributed by atoms with Crippen molar-refractivity contribution in [3.05, 3.63) is 17.0 Å². The summed E-state index contributed by atoms with van der Waals surface area (Å²) in [6.45, 7) is 7.36. The first-order valence-electron chi connectivity index (χ1n) is 7.42. The number of aryl methyl sites for hydroxylation is 1. The topological polar surface area (TPSA) is 43.8 Å². The van der Waals surface area contributed by atoms with Gasteiger partial charge in [-0.1, -0.05) is 26.2 Å². The number of hydrogen-bond donors (Lipinski definition) is 1. The van der Waals surface area contributed by atoms with Crippen LogP contribution in [-0.4, -0.2) is 16.3 Å². The van der Waals surface area contributed by atoms with Crippen LogP contribution in [0, 0.1) is 19.8 Å². The number of nitrogens with zero attached hydrogens (tertiary/aromatic N) is 2. The van der Waals surface area contributed by atoms with Gasteiger partial charge < -0.3 is 5.73 Å². The first-order chi connectivity index (χ1) is 8.67. The minimum absolute atomic E-state index is 0.619. The number of hydrogen-bond acceptors (Lipinski definition) is 2. The maximum absolute atomic E-state index is 5.69. The van der Waals surface area contributed by atoms with E-state index in [1.807, 2.05) is 0 Å². The van der Waals surface area contributed by atoms with Crippen molar-refractivity contribution >= 4 is 0 Å². The van der Waals surface area contributed by atoms with Crippen LogP contribution >= 0.6 is 0 Å². The normalized spacial score (nSPS) is 24.4. The molecular weight excluding hydrogens is 222 g/mol. The van der Waals surface area contributed by atoms with E-state index in [9.17, 15) is 0 Å². The van der Waals surface area contributed by atoms with E-state index in [1.54, 1.807) is 0 Å². The highest BCUT2D eigenvalue weighted by atomic mass is 15.3. The lowest BCUT2D eigenvalue weighted by Gasteiger charge is -2.29. The smallest absolute Gasteiger partial charge is 0.0629 e. The highest BCUT2D eigenvalue weighted by molar-refractivity contribution is 5.25. The maximum Gasteiger partial charge on any atom is 0.0629 e. The molecule has 0 amide bonds. The summed E-state index contributed by atoms with van der Waals surface area (Å²) in [7, 11) is 0. The molecule has 1 aliphatic carbocycles. The van der Waals surface area contributed by atoms with Gasteiger partial charge in [0.1, 0.15) is 0 Å². The van der Waals surface area contributed by atoms with Crippen LogP contribution in [0.25, 0.3) is 0 Å². The average molecular weight is 249 g/mol. The first kappa shape index (κ1) is 13.6. The van der Waals surface area contributed by atoms with Gasteiger partial charge in [-0.25, -0.2) is 0 Å². The molecule has 0 aliphatic heterocycles. The van der Waals surface area contributed by atoms with Crippen LogP contribution in [0.1, 0.15) is 62.0 Å². The fourth-order valence-corrected chi connectivity index (χ4v) is 3.41. The summed E-state index contributed by atoms with van der Waals surface area (Å²) in [4.78, 5) is 0. The van der Waals surface area contributed by atoms with E-state index in [1.165, 1.54) is 49.1 Å². The lowest BCUT2D eigenvalue weighted by Crippen LogP contribution is -2.21. The Morgan fingerprint density at radius 1 is 1.33 bits per heavy atom. The van der Waals surface area contributed by atoms with Gasteiger partial charge in [0.2, 0.25) is 0 Å². The predicted octanol–water partition coefficient (Wildman–Crippen LogP) is 3.14. The van der Waals surface area contributed by atoms with Crippen molar-refractivity contribution in [1.82, 2.24) is 9.78 Å². The van der Waals surface area contributed by atoms with Crippen molar-refractivity contribution in [2.75, 3.05) is 6.54 Å². The zero-order chi connectivity index (χ0) is 13.1. The third-order valence-electron chi connectivity index (χ3n) is 4.55. The standard InChI is InChI=1S/C15H27N3/c1-4-13-6-5-7-14(10-13)18-12(3)15(8-9-16)11(2)17-18/h13-14H,4-10,16H2,1-3H3. The van der Waals surface area contributed by atoms with E-state index < -0.39 is 0 Å². The third kappa shape index (κ3) is 2.61. The molecule has 0 radical (unpaired) electrons.